The van der Waals surface area contributed by atoms with Crippen LogP contribution in [0.1, 0.15) is 51.0 Å². The molecule has 0 radical (unpaired) electrons. The fourth-order valence-electron chi connectivity index (χ4n) is 4.28. The summed E-state index contributed by atoms with van der Waals surface area (Å²) in [6, 6.07) is 22.7. The van der Waals surface area contributed by atoms with Crippen molar-refractivity contribution in [1.29, 1.82) is 0 Å². The van der Waals surface area contributed by atoms with Crippen LogP contribution in [0.15, 0.2) is 64.0 Å². The van der Waals surface area contributed by atoms with E-state index in [1.807, 2.05) is 0 Å². The first kappa shape index (κ1) is 20.0. The van der Waals surface area contributed by atoms with Crippen molar-refractivity contribution >= 4 is 52.0 Å². The average Bonchev–Trinajstić information content (AvgIpc) is 3.15. The first-order valence-corrected chi connectivity index (χ1v) is 13.0. The van der Waals surface area contributed by atoms with E-state index < -0.39 is 0 Å². The minimum atomic E-state index is 0.367. The molecule has 0 N–H and O–H groups in total. The monoisotopic (exact) mass is 498 g/mol. The van der Waals surface area contributed by atoms with Crippen molar-refractivity contribution < 1.29 is 0 Å². The summed E-state index contributed by atoms with van der Waals surface area (Å²) in [5.41, 5.74) is 2.99. The van der Waals surface area contributed by atoms with Gasteiger partial charge in [0.1, 0.15) is 0 Å². The van der Waals surface area contributed by atoms with Crippen LogP contribution in [0.4, 0.5) is 0 Å². The Morgan fingerprint density at radius 1 is 0.679 bits per heavy atom. The number of unbranched alkanes of at least 4 members (excludes halogenated alkanes) is 5. The standard InChI is InChI=1S/C26H27BrSe/c1-2-3-4-5-6-7-12-19-20-13-8-10-15-22(20)26(24-17-18-25(27)28-24)23-16-11-9-14-21(19)23/h8-11,13-18H,2-7,12H2,1H3. The zero-order valence-corrected chi connectivity index (χ0v) is 19.8. The van der Waals surface area contributed by atoms with Crippen molar-refractivity contribution in [3.63, 3.8) is 0 Å². The van der Waals surface area contributed by atoms with Gasteiger partial charge in [0.2, 0.25) is 0 Å². The summed E-state index contributed by atoms with van der Waals surface area (Å²) in [6.07, 6.45) is 9.26. The van der Waals surface area contributed by atoms with Gasteiger partial charge in [0.15, 0.2) is 0 Å². The van der Waals surface area contributed by atoms with Crippen LogP contribution in [0.3, 0.4) is 0 Å². The number of hydrogen-bond donors (Lipinski definition) is 0. The molecule has 0 saturated carbocycles. The third-order valence-electron chi connectivity index (χ3n) is 5.64. The Hall–Kier alpha value is -1.34. The van der Waals surface area contributed by atoms with E-state index >= 15 is 0 Å². The molecule has 0 aliphatic heterocycles. The summed E-state index contributed by atoms with van der Waals surface area (Å²) < 4.78 is 2.82. The van der Waals surface area contributed by atoms with Gasteiger partial charge in [-0.15, -0.1) is 0 Å². The number of halogens is 1. The van der Waals surface area contributed by atoms with Crippen LogP contribution < -0.4 is 0 Å². The van der Waals surface area contributed by atoms with Gasteiger partial charge in [-0.1, -0.05) is 6.92 Å². The van der Waals surface area contributed by atoms with Gasteiger partial charge >= 0.3 is 176 Å². The van der Waals surface area contributed by atoms with E-state index in [4.69, 9.17) is 0 Å². The third-order valence-corrected chi connectivity index (χ3v) is 8.62. The second-order valence-corrected chi connectivity index (χ2v) is 11.9. The molecule has 0 aliphatic carbocycles. The second-order valence-electron chi connectivity index (χ2n) is 7.57. The molecule has 144 valence electrons. The van der Waals surface area contributed by atoms with E-state index in [-0.39, 0.29) is 0 Å². The molecule has 0 amide bonds. The predicted molar refractivity (Wildman–Crippen MR) is 129 cm³/mol. The van der Waals surface area contributed by atoms with E-state index in [2.05, 4.69) is 83.5 Å². The van der Waals surface area contributed by atoms with Crippen molar-refractivity contribution in [3.05, 3.63) is 69.6 Å². The van der Waals surface area contributed by atoms with Crippen molar-refractivity contribution in [2.45, 2.75) is 51.9 Å². The van der Waals surface area contributed by atoms with Crippen molar-refractivity contribution in [3.8, 4) is 10.0 Å². The van der Waals surface area contributed by atoms with E-state index in [9.17, 15) is 0 Å². The molecule has 0 atom stereocenters. The molecular weight excluding hydrogens is 471 g/mol. The van der Waals surface area contributed by atoms with Gasteiger partial charge in [-0.25, -0.2) is 0 Å². The maximum absolute atomic E-state index is 3.72. The SMILES string of the molecule is CCCCCCCCc1c2ccccc2c(-c2ccc(Br)[se]2)c2ccccc12. The molecule has 0 aliphatic rings. The van der Waals surface area contributed by atoms with E-state index in [1.165, 1.54) is 79.8 Å². The molecule has 4 rings (SSSR count). The van der Waals surface area contributed by atoms with E-state index in [1.54, 1.807) is 5.56 Å². The van der Waals surface area contributed by atoms with Crippen LogP contribution in [0, 0.1) is 0 Å². The fraction of sp³-hybridized carbons (Fsp3) is 0.308. The molecule has 28 heavy (non-hydrogen) atoms. The van der Waals surface area contributed by atoms with E-state index in [0.29, 0.717) is 14.5 Å². The normalized spacial score (nSPS) is 11.5. The van der Waals surface area contributed by atoms with Crippen LogP contribution in [-0.4, -0.2) is 14.5 Å². The van der Waals surface area contributed by atoms with Crippen LogP contribution in [0.5, 0.6) is 0 Å². The van der Waals surface area contributed by atoms with Gasteiger partial charge in [0.25, 0.3) is 0 Å². The van der Waals surface area contributed by atoms with Gasteiger partial charge in [0, 0.05) is 0 Å². The average molecular weight is 498 g/mol. The number of aryl methyl sites for hydroxylation is 1. The molecule has 0 unspecified atom stereocenters. The third kappa shape index (κ3) is 4.15. The van der Waals surface area contributed by atoms with Gasteiger partial charge in [-0.3, -0.25) is 0 Å². The molecule has 4 aromatic rings. The van der Waals surface area contributed by atoms with E-state index in [0.717, 1.165) is 0 Å². The van der Waals surface area contributed by atoms with Gasteiger partial charge < -0.3 is 0 Å². The quantitative estimate of drug-likeness (QED) is 0.130. The van der Waals surface area contributed by atoms with Crippen LogP contribution in [-0.2, 0) is 6.42 Å². The Bertz CT molecular complexity index is 1020. The Labute approximate surface area is 182 Å². The Morgan fingerprint density at radius 3 is 1.82 bits per heavy atom. The Kier molecular flexibility index (Phi) is 6.73. The van der Waals surface area contributed by atoms with Crippen molar-refractivity contribution in [2.24, 2.45) is 0 Å². The summed E-state index contributed by atoms with van der Waals surface area (Å²) in [6.45, 7) is 2.29. The Balaban J connectivity index is 1.79. The minimum absolute atomic E-state index is 0.367. The van der Waals surface area contributed by atoms with Gasteiger partial charge in [0.05, 0.1) is 0 Å². The summed E-state index contributed by atoms with van der Waals surface area (Å²) in [5, 5.41) is 5.74. The molecule has 2 heteroatoms. The maximum atomic E-state index is 3.72. The van der Waals surface area contributed by atoms with Crippen molar-refractivity contribution in [1.82, 2.24) is 0 Å². The molecule has 0 saturated heterocycles. The van der Waals surface area contributed by atoms with Crippen molar-refractivity contribution in [2.75, 3.05) is 0 Å². The molecule has 0 fully saturated rings. The fourth-order valence-corrected chi connectivity index (χ4v) is 7.01. The molecule has 3 aromatic carbocycles. The Morgan fingerprint density at radius 2 is 1.25 bits per heavy atom. The zero-order chi connectivity index (χ0) is 19.3. The summed E-state index contributed by atoms with van der Waals surface area (Å²) >= 11 is 4.08. The van der Waals surface area contributed by atoms with Crippen LogP contribution in [0.2, 0.25) is 0 Å². The first-order valence-electron chi connectivity index (χ1n) is 10.5. The van der Waals surface area contributed by atoms with Gasteiger partial charge in [-0.05, 0) is 0 Å². The molecule has 1 aromatic heterocycles. The van der Waals surface area contributed by atoms with Crippen LogP contribution >= 0.6 is 15.9 Å². The number of benzene rings is 3. The molecule has 0 bridgehead atoms. The topological polar surface area (TPSA) is 0 Å². The zero-order valence-electron chi connectivity index (χ0n) is 16.5. The first-order chi connectivity index (χ1) is 13.8. The number of hydrogen-bond acceptors (Lipinski definition) is 0. The van der Waals surface area contributed by atoms with Crippen LogP contribution in [0.25, 0.3) is 31.5 Å². The number of fused-ring (bicyclic) bond motifs is 2. The molecule has 1 heterocycles. The molecular formula is C26H27BrSe. The predicted octanol–water partition coefficient (Wildman–Crippen LogP) is 8.38. The summed E-state index contributed by atoms with van der Waals surface area (Å²) in [5.74, 6) is 0. The number of rotatable bonds is 8. The molecule has 0 nitrogen and oxygen atoms in total. The van der Waals surface area contributed by atoms with Gasteiger partial charge in [-0.2, -0.15) is 0 Å². The summed E-state index contributed by atoms with van der Waals surface area (Å²) in [7, 11) is 0. The molecule has 0 spiro atoms. The summed E-state index contributed by atoms with van der Waals surface area (Å²) in [4.78, 5) is 0. The second kappa shape index (κ2) is 9.44.